The van der Waals surface area contributed by atoms with Gasteiger partial charge in [0.2, 0.25) is 0 Å². The zero-order valence-electron chi connectivity index (χ0n) is 15.9. The molecule has 0 radical (unpaired) electrons. The molecule has 1 atom stereocenters. The van der Waals surface area contributed by atoms with Gasteiger partial charge in [-0.1, -0.05) is 50.6 Å². The number of unbranched alkanes of at least 4 members (excludes halogenated alkanes) is 1. The lowest BCUT2D eigenvalue weighted by Gasteiger charge is -2.13. The van der Waals surface area contributed by atoms with Crippen molar-refractivity contribution in [3.05, 3.63) is 65.7 Å². The van der Waals surface area contributed by atoms with E-state index in [1.54, 1.807) is 24.3 Å². The van der Waals surface area contributed by atoms with Gasteiger partial charge in [-0.25, -0.2) is 4.79 Å². The van der Waals surface area contributed by atoms with Crippen LogP contribution >= 0.6 is 0 Å². The third kappa shape index (κ3) is 7.13. The molecule has 0 aliphatic rings. The quantitative estimate of drug-likeness (QED) is 0.509. The summed E-state index contributed by atoms with van der Waals surface area (Å²) in [6.45, 7) is 4.98. The van der Waals surface area contributed by atoms with E-state index in [0.29, 0.717) is 24.5 Å². The molecule has 5 heteroatoms. The molecule has 0 aromatic heterocycles. The van der Waals surface area contributed by atoms with E-state index in [9.17, 15) is 9.59 Å². The summed E-state index contributed by atoms with van der Waals surface area (Å²) in [5.74, 6) is 0.0609. The lowest BCUT2D eigenvalue weighted by Crippen LogP contribution is -2.31. The lowest BCUT2D eigenvalue weighted by molar-refractivity contribution is -0.124. The van der Waals surface area contributed by atoms with Gasteiger partial charge in [-0.2, -0.15) is 0 Å². The summed E-state index contributed by atoms with van der Waals surface area (Å²) < 4.78 is 10.6. The van der Waals surface area contributed by atoms with Crippen LogP contribution in [-0.4, -0.2) is 31.6 Å². The Kier molecular flexibility index (Phi) is 8.36. The van der Waals surface area contributed by atoms with E-state index in [0.717, 1.165) is 18.4 Å². The minimum Gasteiger partial charge on any atom is -0.494 e. The highest BCUT2D eigenvalue weighted by atomic mass is 16.5. The summed E-state index contributed by atoms with van der Waals surface area (Å²) in [6, 6.07) is 16.7. The van der Waals surface area contributed by atoms with E-state index < -0.39 is 5.97 Å². The summed E-state index contributed by atoms with van der Waals surface area (Å²) in [6.07, 6.45) is 2.05. The third-order valence-corrected chi connectivity index (χ3v) is 4.17. The van der Waals surface area contributed by atoms with Crippen LogP contribution in [0.2, 0.25) is 0 Å². The number of esters is 1. The Bertz CT molecular complexity index is 713. The number of rotatable bonds is 10. The zero-order chi connectivity index (χ0) is 19.5. The van der Waals surface area contributed by atoms with Gasteiger partial charge >= 0.3 is 5.97 Å². The molecule has 1 amide bonds. The first-order valence-corrected chi connectivity index (χ1v) is 9.31. The molecule has 0 aliphatic carbocycles. The predicted octanol–water partition coefficient (Wildman–Crippen LogP) is 3.94. The third-order valence-electron chi connectivity index (χ3n) is 4.17. The Labute approximate surface area is 160 Å². The summed E-state index contributed by atoms with van der Waals surface area (Å²) in [7, 11) is 0. The lowest BCUT2D eigenvalue weighted by atomic mass is 10.0. The number of hydrogen-bond acceptors (Lipinski definition) is 4. The van der Waals surface area contributed by atoms with E-state index in [4.69, 9.17) is 9.47 Å². The van der Waals surface area contributed by atoms with Crippen LogP contribution < -0.4 is 10.1 Å². The van der Waals surface area contributed by atoms with Crippen molar-refractivity contribution in [3.8, 4) is 5.75 Å². The highest BCUT2D eigenvalue weighted by molar-refractivity contribution is 5.91. The maximum atomic E-state index is 12.0. The Morgan fingerprint density at radius 2 is 1.74 bits per heavy atom. The Balaban J connectivity index is 1.72. The monoisotopic (exact) mass is 369 g/mol. The number of carbonyl (C=O) groups is 2. The van der Waals surface area contributed by atoms with Crippen LogP contribution in [-0.2, 0) is 9.53 Å². The molecule has 27 heavy (non-hydrogen) atoms. The van der Waals surface area contributed by atoms with E-state index in [-0.39, 0.29) is 18.4 Å². The van der Waals surface area contributed by atoms with Gasteiger partial charge in [-0.05, 0) is 42.2 Å². The minimum atomic E-state index is -0.527. The van der Waals surface area contributed by atoms with Gasteiger partial charge in [0.1, 0.15) is 5.75 Å². The van der Waals surface area contributed by atoms with Crippen molar-refractivity contribution in [2.45, 2.75) is 32.6 Å². The first-order valence-electron chi connectivity index (χ1n) is 9.31. The summed E-state index contributed by atoms with van der Waals surface area (Å²) in [4.78, 5) is 23.9. The molecule has 2 aromatic rings. The van der Waals surface area contributed by atoms with Crippen molar-refractivity contribution in [3.63, 3.8) is 0 Å². The molecule has 2 rings (SSSR count). The van der Waals surface area contributed by atoms with Crippen molar-refractivity contribution >= 4 is 11.9 Å². The van der Waals surface area contributed by atoms with Gasteiger partial charge in [0, 0.05) is 6.54 Å². The SMILES string of the molecule is CCCCOc1ccc(C(=O)OCC(=O)NC[C@H](C)c2ccccc2)cc1. The largest absolute Gasteiger partial charge is 0.494 e. The maximum absolute atomic E-state index is 12.0. The maximum Gasteiger partial charge on any atom is 0.338 e. The van der Waals surface area contributed by atoms with Crippen LogP contribution in [0.5, 0.6) is 5.75 Å². The molecule has 0 saturated heterocycles. The number of carbonyl (C=O) groups excluding carboxylic acids is 2. The number of amides is 1. The molecular weight excluding hydrogens is 342 g/mol. The van der Waals surface area contributed by atoms with Gasteiger partial charge in [0.15, 0.2) is 6.61 Å². The molecule has 0 fully saturated rings. The molecule has 0 bridgehead atoms. The Morgan fingerprint density at radius 1 is 1.04 bits per heavy atom. The average molecular weight is 369 g/mol. The first-order chi connectivity index (χ1) is 13.1. The molecule has 1 N–H and O–H groups in total. The fourth-order valence-corrected chi connectivity index (χ4v) is 2.45. The summed E-state index contributed by atoms with van der Waals surface area (Å²) in [5, 5.41) is 2.79. The molecule has 2 aromatic carbocycles. The highest BCUT2D eigenvalue weighted by Gasteiger charge is 2.12. The number of ether oxygens (including phenoxy) is 2. The fraction of sp³-hybridized carbons (Fsp3) is 0.364. The smallest absolute Gasteiger partial charge is 0.338 e. The van der Waals surface area contributed by atoms with Crippen LogP contribution in [0.25, 0.3) is 0 Å². The number of benzene rings is 2. The van der Waals surface area contributed by atoms with E-state index in [1.807, 2.05) is 37.3 Å². The summed E-state index contributed by atoms with van der Waals surface area (Å²) in [5.41, 5.74) is 1.54. The summed E-state index contributed by atoms with van der Waals surface area (Å²) >= 11 is 0. The van der Waals surface area contributed by atoms with Crippen LogP contribution in [0.1, 0.15) is 48.5 Å². The molecular formula is C22H27NO4. The van der Waals surface area contributed by atoms with Gasteiger partial charge in [0.25, 0.3) is 5.91 Å². The fourth-order valence-electron chi connectivity index (χ4n) is 2.45. The van der Waals surface area contributed by atoms with Crippen molar-refractivity contribution < 1.29 is 19.1 Å². The van der Waals surface area contributed by atoms with Crippen molar-refractivity contribution in [2.75, 3.05) is 19.8 Å². The van der Waals surface area contributed by atoms with Gasteiger partial charge in [-0.3, -0.25) is 4.79 Å². The van der Waals surface area contributed by atoms with Crippen LogP contribution in [0, 0.1) is 0 Å². The van der Waals surface area contributed by atoms with Crippen molar-refractivity contribution in [1.29, 1.82) is 0 Å². The predicted molar refractivity (Wildman–Crippen MR) is 105 cm³/mol. The second-order valence-electron chi connectivity index (χ2n) is 6.42. The number of nitrogens with one attached hydrogen (secondary N) is 1. The zero-order valence-corrected chi connectivity index (χ0v) is 15.9. The van der Waals surface area contributed by atoms with Crippen molar-refractivity contribution in [2.24, 2.45) is 0 Å². The molecule has 5 nitrogen and oxygen atoms in total. The molecule has 144 valence electrons. The van der Waals surface area contributed by atoms with E-state index >= 15 is 0 Å². The molecule has 0 spiro atoms. The first kappa shape index (κ1) is 20.5. The van der Waals surface area contributed by atoms with E-state index in [2.05, 4.69) is 12.2 Å². The second-order valence-corrected chi connectivity index (χ2v) is 6.42. The molecule has 0 unspecified atom stereocenters. The Hall–Kier alpha value is -2.82. The molecule has 0 saturated carbocycles. The van der Waals surface area contributed by atoms with Crippen LogP contribution in [0.3, 0.4) is 0 Å². The molecule has 0 aliphatic heterocycles. The highest BCUT2D eigenvalue weighted by Crippen LogP contribution is 2.14. The number of hydrogen-bond donors (Lipinski definition) is 1. The Morgan fingerprint density at radius 3 is 2.41 bits per heavy atom. The minimum absolute atomic E-state index is 0.186. The van der Waals surface area contributed by atoms with Crippen LogP contribution in [0.4, 0.5) is 0 Å². The second kappa shape index (κ2) is 11.0. The molecule has 0 heterocycles. The van der Waals surface area contributed by atoms with Gasteiger partial charge < -0.3 is 14.8 Å². The topological polar surface area (TPSA) is 64.6 Å². The van der Waals surface area contributed by atoms with E-state index in [1.165, 1.54) is 0 Å². The average Bonchev–Trinajstić information content (AvgIpc) is 2.71. The van der Waals surface area contributed by atoms with Gasteiger partial charge in [0.05, 0.1) is 12.2 Å². The van der Waals surface area contributed by atoms with Crippen molar-refractivity contribution in [1.82, 2.24) is 5.32 Å². The van der Waals surface area contributed by atoms with Gasteiger partial charge in [-0.15, -0.1) is 0 Å². The standard InChI is InChI=1S/C22H27NO4/c1-3-4-14-26-20-12-10-19(11-13-20)22(25)27-16-21(24)23-15-17(2)18-8-6-5-7-9-18/h5-13,17H,3-4,14-16H2,1-2H3,(H,23,24)/t17-/m0/s1. The normalized spacial score (nSPS) is 11.5. The van der Waals surface area contributed by atoms with Crippen LogP contribution in [0.15, 0.2) is 54.6 Å².